The van der Waals surface area contributed by atoms with Gasteiger partial charge in [0.2, 0.25) is 0 Å². The second kappa shape index (κ2) is 4.65. The summed E-state index contributed by atoms with van der Waals surface area (Å²) in [7, 11) is 0. The third-order valence-corrected chi connectivity index (χ3v) is 3.02. The van der Waals surface area contributed by atoms with E-state index >= 15 is 0 Å². The summed E-state index contributed by atoms with van der Waals surface area (Å²) in [6.07, 6.45) is 4.51. The van der Waals surface area contributed by atoms with Gasteiger partial charge >= 0.3 is 0 Å². The Morgan fingerprint density at radius 2 is 1.79 bits per heavy atom. The predicted octanol–water partition coefficient (Wildman–Crippen LogP) is 2.96. The number of pyridine rings is 1. The first-order valence-electron chi connectivity index (χ1n) is 6.17. The van der Waals surface area contributed by atoms with Gasteiger partial charge in [-0.1, -0.05) is 6.92 Å². The standard InChI is InChI=1S/C15H13N3O/c1-2-10-7-13-14(16-8-10)9-17-15(18-13)11-3-5-12(19)6-4-11/h3-9,19H,2H2,1H3. The lowest BCUT2D eigenvalue weighted by Gasteiger charge is -2.03. The molecule has 0 atom stereocenters. The van der Waals surface area contributed by atoms with E-state index in [-0.39, 0.29) is 5.75 Å². The third kappa shape index (κ3) is 2.25. The fourth-order valence-electron chi connectivity index (χ4n) is 1.90. The van der Waals surface area contributed by atoms with E-state index in [9.17, 15) is 5.11 Å². The molecule has 2 heterocycles. The molecule has 0 spiro atoms. The zero-order chi connectivity index (χ0) is 13.2. The maximum absolute atomic E-state index is 9.29. The Hall–Kier alpha value is -2.49. The molecule has 1 N–H and O–H groups in total. The highest BCUT2D eigenvalue weighted by molar-refractivity contribution is 5.76. The van der Waals surface area contributed by atoms with Crippen LogP contribution in [0.4, 0.5) is 0 Å². The number of hydrogen-bond donors (Lipinski definition) is 1. The number of phenols is 1. The van der Waals surface area contributed by atoms with Crippen LogP contribution >= 0.6 is 0 Å². The van der Waals surface area contributed by atoms with Gasteiger partial charge in [0.1, 0.15) is 11.3 Å². The normalized spacial score (nSPS) is 10.8. The van der Waals surface area contributed by atoms with Crippen molar-refractivity contribution in [3.63, 3.8) is 0 Å². The molecule has 1 aromatic carbocycles. The van der Waals surface area contributed by atoms with Crippen molar-refractivity contribution in [3.8, 4) is 17.1 Å². The number of phenolic OH excluding ortho intramolecular Hbond substituents is 1. The molecular weight excluding hydrogens is 238 g/mol. The molecule has 94 valence electrons. The van der Waals surface area contributed by atoms with E-state index in [0.29, 0.717) is 5.82 Å². The molecule has 0 saturated heterocycles. The Kier molecular flexibility index (Phi) is 2.83. The molecule has 19 heavy (non-hydrogen) atoms. The number of aromatic nitrogens is 3. The molecule has 0 radical (unpaired) electrons. The molecule has 0 bridgehead atoms. The minimum atomic E-state index is 0.236. The Morgan fingerprint density at radius 3 is 2.53 bits per heavy atom. The molecule has 4 heteroatoms. The first kappa shape index (κ1) is 11.6. The molecule has 0 aliphatic rings. The predicted molar refractivity (Wildman–Crippen MR) is 73.8 cm³/mol. The summed E-state index contributed by atoms with van der Waals surface area (Å²) in [4.78, 5) is 13.2. The fraction of sp³-hybridized carbons (Fsp3) is 0.133. The monoisotopic (exact) mass is 251 g/mol. The Morgan fingerprint density at radius 1 is 1.00 bits per heavy atom. The number of aromatic hydroxyl groups is 1. The second-order valence-corrected chi connectivity index (χ2v) is 4.34. The topological polar surface area (TPSA) is 58.9 Å². The molecule has 0 aliphatic carbocycles. The van der Waals surface area contributed by atoms with E-state index in [0.717, 1.165) is 28.6 Å². The van der Waals surface area contributed by atoms with Gasteiger partial charge in [-0.15, -0.1) is 0 Å². The van der Waals surface area contributed by atoms with Crippen molar-refractivity contribution in [2.45, 2.75) is 13.3 Å². The first-order valence-corrected chi connectivity index (χ1v) is 6.17. The van der Waals surface area contributed by atoms with Crippen LogP contribution in [-0.4, -0.2) is 20.1 Å². The van der Waals surface area contributed by atoms with Gasteiger partial charge in [0, 0.05) is 11.8 Å². The molecule has 0 aliphatic heterocycles. The van der Waals surface area contributed by atoms with Crippen LogP contribution in [-0.2, 0) is 6.42 Å². The van der Waals surface area contributed by atoms with E-state index in [1.807, 2.05) is 12.3 Å². The summed E-state index contributed by atoms with van der Waals surface area (Å²) in [5.74, 6) is 0.877. The molecule has 2 aromatic heterocycles. The summed E-state index contributed by atoms with van der Waals surface area (Å²) in [5, 5.41) is 9.29. The number of hydrogen-bond acceptors (Lipinski definition) is 4. The highest BCUT2D eigenvalue weighted by Crippen LogP contribution is 2.20. The molecule has 4 nitrogen and oxygen atoms in total. The maximum Gasteiger partial charge on any atom is 0.159 e. The van der Waals surface area contributed by atoms with E-state index in [1.54, 1.807) is 30.5 Å². The number of aryl methyl sites for hydroxylation is 1. The van der Waals surface area contributed by atoms with Crippen molar-refractivity contribution >= 4 is 11.0 Å². The second-order valence-electron chi connectivity index (χ2n) is 4.34. The molecule has 0 unspecified atom stereocenters. The summed E-state index contributed by atoms with van der Waals surface area (Å²) < 4.78 is 0. The summed E-state index contributed by atoms with van der Waals surface area (Å²) in [5.41, 5.74) is 3.67. The van der Waals surface area contributed by atoms with Crippen molar-refractivity contribution in [2.75, 3.05) is 0 Å². The lowest BCUT2D eigenvalue weighted by molar-refractivity contribution is 0.475. The van der Waals surface area contributed by atoms with Gasteiger partial charge in [-0.05, 0) is 42.3 Å². The lowest BCUT2D eigenvalue weighted by atomic mass is 10.2. The van der Waals surface area contributed by atoms with Crippen molar-refractivity contribution in [1.82, 2.24) is 15.0 Å². The van der Waals surface area contributed by atoms with Gasteiger partial charge in [0.15, 0.2) is 5.82 Å². The van der Waals surface area contributed by atoms with Crippen molar-refractivity contribution < 1.29 is 5.11 Å². The van der Waals surface area contributed by atoms with E-state index in [2.05, 4.69) is 21.9 Å². The zero-order valence-electron chi connectivity index (χ0n) is 10.5. The van der Waals surface area contributed by atoms with Crippen LogP contribution < -0.4 is 0 Å². The highest BCUT2D eigenvalue weighted by atomic mass is 16.3. The Labute approximate surface area is 110 Å². The minimum absolute atomic E-state index is 0.236. The first-order chi connectivity index (χ1) is 9.26. The van der Waals surface area contributed by atoms with Crippen LogP contribution in [0.3, 0.4) is 0 Å². The van der Waals surface area contributed by atoms with Gasteiger partial charge in [-0.2, -0.15) is 0 Å². The van der Waals surface area contributed by atoms with Gasteiger partial charge in [0.05, 0.1) is 11.7 Å². The summed E-state index contributed by atoms with van der Waals surface area (Å²) >= 11 is 0. The SMILES string of the molecule is CCc1cnc2cnc(-c3ccc(O)cc3)nc2c1. The molecule has 0 saturated carbocycles. The highest BCUT2D eigenvalue weighted by Gasteiger charge is 2.04. The van der Waals surface area contributed by atoms with E-state index in [4.69, 9.17) is 0 Å². The molecule has 0 amide bonds. The van der Waals surface area contributed by atoms with E-state index < -0.39 is 0 Å². The number of nitrogens with zero attached hydrogens (tertiary/aromatic N) is 3. The minimum Gasteiger partial charge on any atom is -0.508 e. The van der Waals surface area contributed by atoms with Crippen molar-refractivity contribution in [1.29, 1.82) is 0 Å². The zero-order valence-corrected chi connectivity index (χ0v) is 10.5. The molecule has 3 aromatic rings. The number of fused-ring (bicyclic) bond motifs is 1. The van der Waals surface area contributed by atoms with Gasteiger partial charge < -0.3 is 5.11 Å². The lowest BCUT2D eigenvalue weighted by Crippen LogP contribution is -1.93. The Balaban J connectivity index is 2.12. The average Bonchev–Trinajstić information content (AvgIpc) is 2.47. The van der Waals surface area contributed by atoms with Crippen LogP contribution in [0.25, 0.3) is 22.4 Å². The van der Waals surface area contributed by atoms with Crippen molar-refractivity contribution in [2.24, 2.45) is 0 Å². The van der Waals surface area contributed by atoms with E-state index in [1.165, 1.54) is 0 Å². The summed E-state index contributed by atoms with van der Waals surface area (Å²) in [6.45, 7) is 2.09. The van der Waals surface area contributed by atoms with Crippen LogP contribution in [0.5, 0.6) is 5.75 Å². The maximum atomic E-state index is 9.29. The molecule has 3 rings (SSSR count). The fourth-order valence-corrected chi connectivity index (χ4v) is 1.90. The molecule has 0 fully saturated rings. The molecular formula is C15H13N3O. The van der Waals surface area contributed by atoms with Gasteiger partial charge in [0.25, 0.3) is 0 Å². The Bertz CT molecular complexity index is 723. The largest absolute Gasteiger partial charge is 0.508 e. The van der Waals surface area contributed by atoms with Crippen LogP contribution in [0.1, 0.15) is 12.5 Å². The number of rotatable bonds is 2. The van der Waals surface area contributed by atoms with Gasteiger partial charge in [-0.3, -0.25) is 4.98 Å². The van der Waals surface area contributed by atoms with Crippen molar-refractivity contribution in [3.05, 3.63) is 48.3 Å². The van der Waals surface area contributed by atoms with Crippen LogP contribution in [0.2, 0.25) is 0 Å². The third-order valence-electron chi connectivity index (χ3n) is 3.02. The van der Waals surface area contributed by atoms with Crippen LogP contribution in [0.15, 0.2) is 42.7 Å². The van der Waals surface area contributed by atoms with Gasteiger partial charge in [-0.25, -0.2) is 9.97 Å². The van der Waals surface area contributed by atoms with Crippen LogP contribution in [0, 0.1) is 0 Å². The quantitative estimate of drug-likeness (QED) is 0.760. The average molecular weight is 251 g/mol. The number of benzene rings is 1. The smallest absolute Gasteiger partial charge is 0.159 e. The summed E-state index contributed by atoms with van der Waals surface area (Å²) in [6, 6.07) is 8.89.